The average molecular weight is 542 g/mol. The van der Waals surface area contributed by atoms with Crippen LogP contribution in [0.25, 0.3) is 0 Å². The van der Waals surface area contributed by atoms with E-state index >= 15 is 0 Å². The molecule has 196 valence electrons. The number of amides is 2. The molecular formula is C28H32ClN3O4S. The third-order valence-electron chi connectivity index (χ3n) is 6.27. The van der Waals surface area contributed by atoms with Crippen LogP contribution in [0, 0.1) is 13.8 Å². The zero-order valence-corrected chi connectivity index (χ0v) is 23.0. The van der Waals surface area contributed by atoms with Gasteiger partial charge in [0.25, 0.3) is 10.0 Å². The number of halogens is 1. The molecule has 0 spiro atoms. The number of sulfonamides is 1. The van der Waals surface area contributed by atoms with Crippen LogP contribution in [0.4, 0.5) is 5.69 Å². The molecule has 0 saturated carbocycles. The maximum Gasteiger partial charge on any atom is 0.264 e. The lowest BCUT2D eigenvalue weighted by molar-refractivity contribution is -0.140. The maximum absolute atomic E-state index is 13.9. The fourth-order valence-electron chi connectivity index (χ4n) is 4.19. The number of nitrogens with zero attached hydrogens (tertiary/aromatic N) is 2. The van der Waals surface area contributed by atoms with Crippen molar-refractivity contribution in [2.24, 2.45) is 0 Å². The predicted octanol–water partition coefficient (Wildman–Crippen LogP) is 4.71. The quantitative estimate of drug-likeness (QED) is 0.403. The Balaban J connectivity index is 2.10. The minimum atomic E-state index is -4.12. The molecule has 1 atom stereocenters. The molecule has 0 bridgehead atoms. The maximum atomic E-state index is 13.9. The van der Waals surface area contributed by atoms with Gasteiger partial charge < -0.3 is 10.2 Å². The average Bonchev–Trinajstić information content (AvgIpc) is 2.88. The van der Waals surface area contributed by atoms with Gasteiger partial charge in [0.1, 0.15) is 12.6 Å². The van der Waals surface area contributed by atoms with Gasteiger partial charge in [-0.15, -0.1) is 0 Å². The molecule has 0 aliphatic carbocycles. The SMILES string of the molecule is CCC(C(=O)NC)N(Cc1ccccc1C)C(=O)CN(c1ccc(Cl)cc1C)S(=O)(=O)c1ccccc1. The van der Waals surface area contributed by atoms with Crippen molar-refractivity contribution >= 4 is 39.1 Å². The molecular weight excluding hydrogens is 510 g/mol. The Bertz CT molecular complexity index is 1360. The van der Waals surface area contributed by atoms with Gasteiger partial charge in [-0.1, -0.05) is 61.0 Å². The number of rotatable bonds is 10. The van der Waals surface area contributed by atoms with Crippen molar-refractivity contribution in [1.29, 1.82) is 0 Å². The molecule has 0 fully saturated rings. The van der Waals surface area contributed by atoms with E-state index in [0.29, 0.717) is 22.7 Å². The second-order valence-corrected chi connectivity index (χ2v) is 11.0. The fraction of sp³-hybridized carbons (Fsp3) is 0.286. The molecule has 1 unspecified atom stereocenters. The molecule has 0 radical (unpaired) electrons. The standard InChI is InChI=1S/C28H32ClN3O4S/c1-5-25(28(34)30-4)31(18-22-12-10-9-11-20(22)2)27(33)19-32(26-16-15-23(29)17-21(26)3)37(35,36)24-13-7-6-8-14-24/h6-17,25H,5,18-19H2,1-4H3,(H,30,34). The number of aryl methyl sites for hydroxylation is 2. The highest BCUT2D eigenvalue weighted by Gasteiger charge is 2.34. The van der Waals surface area contributed by atoms with Gasteiger partial charge in [-0.05, 0) is 67.3 Å². The molecule has 2 amide bonds. The van der Waals surface area contributed by atoms with Crippen LogP contribution in [0.3, 0.4) is 0 Å². The van der Waals surface area contributed by atoms with Crippen LogP contribution in [0.15, 0.2) is 77.7 Å². The second kappa shape index (κ2) is 12.3. The lowest BCUT2D eigenvalue weighted by atomic mass is 10.1. The number of nitrogens with one attached hydrogen (secondary N) is 1. The molecule has 37 heavy (non-hydrogen) atoms. The molecule has 7 nitrogen and oxygen atoms in total. The first kappa shape index (κ1) is 28.2. The molecule has 3 aromatic rings. The van der Waals surface area contributed by atoms with Gasteiger partial charge in [0.2, 0.25) is 11.8 Å². The third-order valence-corrected chi connectivity index (χ3v) is 8.28. The van der Waals surface area contributed by atoms with E-state index in [1.807, 2.05) is 38.1 Å². The smallest absolute Gasteiger partial charge is 0.264 e. The van der Waals surface area contributed by atoms with Crippen molar-refractivity contribution in [2.75, 3.05) is 17.9 Å². The summed E-state index contributed by atoms with van der Waals surface area (Å²) in [5, 5.41) is 3.08. The summed E-state index contributed by atoms with van der Waals surface area (Å²) in [6.45, 7) is 5.17. The van der Waals surface area contributed by atoms with Gasteiger partial charge in [0.05, 0.1) is 10.6 Å². The van der Waals surface area contributed by atoms with E-state index in [-0.39, 0.29) is 17.3 Å². The zero-order chi connectivity index (χ0) is 27.2. The largest absolute Gasteiger partial charge is 0.357 e. The van der Waals surface area contributed by atoms with Gasteiger partial charge in [0.15, 0.2) is 0 Å². The Morgan fingerprint density at radius 2 is 1.59 bits per heavy atom. The van der Waals surface area contributed by atoms with E-state index in [2.05, 4.69) is 5.32 Å². The summed E-state index contributed by atoms with van der Waals surface area (Å²) in [6.07, 6.45) is 0.364. The summed E-state index contributed by atoms with van der Waals surface area (Å²) in [4.78, 5) is 28.2. The molecule has 9 heteroatoms. The molecule has 0 aromatic heterocycles. The highest BCUT2D eigenvalue weighted by atomic mass is 35.5. The zero-order valence-electron chi connectivity index (χ0n) is 21.4. The lowest BCUT2D eigenvalue weighted by Crippen LogP contribution is -2.52. The molecule has 0 aliphatic heterocycles. The first-order valence-corrected chi connectivity index (χ1v) is 13.8. The number of likely N-dealkylation sites (N-methyl/N-ethyl adjacent to an activating group) is 1. The van der Waals surface area contributed by atoms with Gasteiger partial charge in [-0.2, -0.15) is 0 Å². The van der Waals surface area contributed by atoms with Crippen LogP contribution in [0.2, 0.25) is 5.02 Å². The molecule has 0 aliphatic rings. The molecule has 0 heterocycles. The molecule has 0 saturated heterocycles. The van der Waals surface area contributed by atoms with Gasteiger partial charge in [-0.25, -0.2) is 8.42 Å². The van der Waals surface area contributed by atoms with Crippen LogP contribution in [0.1, 0.15) is 30.0 Å². The number of hydrogen-bond acceptors (Lipinski definition) is 4. The first-order valence-electron chi connectivity index (χ1n) is 12.0. The van der Waals surface area contributed by atoms with Crippen molar-refractivity contribution in [2.45, 2.75) is 44.7 Å². The summed E-state index contributed by atoms with van der Waals surface area (Å²) >= 11 is 6.14. The van der Waals surface area contributed by atoms with Crippen LogP contribution in [-0.2, 0) is 26.2 Å². The van der Waals surface area contributed by atoms with Crippen molar-refractivity contribution in [3.63, 3.8) is 0 Å². The summed E-state index contributed by atoms with van der Waals surface area (Å²) in [6, 6.07) is 19.6. The van der Waals surface area contributed by atoms with E-state index in [0.717, 1.165) is 15.4 Å². The highest BCUT2D eigenvalue weighted by molar-refractivity contribution is 7.92. The van der Waals surface area contributed by atoms with E-state index in [4.69, 9.17) is 11.6 Å². The molecule has 3 rings (SSSR count). The number of anilines is 1. The number of benzene rings is 3. The minimum absolute atomic E-state index is 0.0564. The van der Waals surface area contributed by atoms with Crippen molar-refractivity contribution in [1.82, 2.24) is 10.2 Å². The Kier molecular flexibility index (Phi) is 9.34. The van der Waals surface area contributed by atoms with Gasteiger partial charge in [0, 0.05) is 18.6 Å². The van der Waals surface area contributed by atoms with Crippen LogP contribution in [-0.4, -0.2) is 44.8 Å². The van der Waals surface area contributed by atoms with Gasteiger partial charge >= 0.3 is 0 Å². The topological polar surface area (TPSA) is 86.8 Å². The number of carbonyl (C=O) groups is 2. The minimum Gasteiger partial charge on any atom is -0.357 e. The van der Waals surface area contributed by atoms with Crippen LogP contribution >= 0.6 is 11.6 Å². The van der Waals surface area contributed by atoms with Crippen LogP contribution in [0.5, 0.6) is 0 Å². The predicted molar refractivity (Wildman–Crippen MR) is 147 cm³/mol. The van der Waals surface area contributed by atoms with E-state index in [1.54, 1.807) is 43.3 Å². The van der Waals surface area contributed by atoms with Crippen molar-refractivity contribution < 1.29 is 18.0 Å². The van der Waals surface area contributed by atoms with Crippen LogP contribution < -0.4 is 9.62 Å². The summed E-state index contributed by atoms with van der Waals surface area (Å²) in [5.74, 6) is -0.808. The van der Waals surface area contributed by atoms with Crippen molar-refractivity contribution in [3.8, 4) is 0 Å². The van der Waals surface area contributed by atoms with Crippen molar-refractivity contribution in [3.05, 3.63) is 94.5 Å². The monoisotopic (exact) mass is 541 g/mol. The Hall–Kier alpha value is -3.36. The molecule has 3 aromatic carbocycles. The fourth-order valence-corrected chi connectivity index (χ4v) is 5.92. The molecule has 1 N–H and O–H groups in total. The Morgan fingerprint density at radius 1 is 0.946 bits per heavy atom. The summed E-state index contributed by atoms with van der Waals surface area (Å²) < 4.78 is 28.7. The third kappa shape index (κ3) is 6.50. The Labute approximate surface area is 224 Å². The van der Waals surface area contributed by atoms with E-state index < -0.39 is 28.5 Å². The number of carbonyl (C=O) groups excluding carboxylic acids is 2. The lowest BCUT2D eigenvalue weighted by Gasteiger charge is -2.33. The second-order valence-electron chi connectivity index (χ2n) is 8.74. The highest BCUT2D eigenvalue weighted by Crippen LogP contribution is 2.29. The summed E-state index contributed by atoms with van der Waals surface area (Å²) in [5.41, 5.74) is 2.78. The van der Waals surface area contributed by atoms with Gasteiger partial charge in [-0.3, -0.25) is 13.9 Å². The first-order chi connectivity index (χ1) is 17.6. The number of hydrogen-bond donors (Lipinski definition) is 1. The summed E-state index contributed by atoms with van der Waals surface area (Å²) in [7, 11) is -2.60. The Morgan fingerprint density at radius 3 is 2.19 bits per heavy atom. The van der Waals surface area contributed by atoms with E-state index in [9.17, 15) is 18.0 Å². The van der Waals surface area contributed by atoms with E-state index in [1.165, 1.54) is 24.1 Å². The normalized spacial score (nSPS) is 12.0.